The van der Waals surface area contributed by atoms with Crippen molar-refractivity contribution in [3.8, 4) is 11.5 Å². The number of ether oxygens (including phenoxy) is 1. The van der Waals surface area contributed by atoms with Gasteiger partial charge in [0.05, 0.1) is 15.7 Å². The molecule has 0 atom stereocenters. The predicted octanol–water partition coefficient (Wildman–Crippen LogP) is 6.01. The number of halogens is 2. The van der Waals surface area contributed by atoms with Crippen molar-refractivity contribution in [1.29, 1.82) is 0 Å². The monoisotopic (exact) mass is 387 g/mol. The van der Waals surface area contributed by atoms with Gasteiger partial charge in [0, 0.05) is 11.4 Å². The highest BCUT2D eigenvalue weighted by Gasteiger charge is 2.08. The highest BCUT2D eigenvalue weighted by molar-refractivity contribution is 6.44. The zero-order chi connectivity index (χ0) is 18.5. The summed E-state index contributed by atoms with van der Waals surface area (Å²) in [5.41, 5.74) is 7.34. The first-order chi connectivity index (χ1) is 12.5. The molecule has 2 amide bonds. The number of nitrogen functional groups attached to an aromatic ring is 1. The van der Waals surface area contributed by atoms with Gasteiger partial charge in [-0.05, 0) is 60.7 Å². The fourth-order valence-electron chi connectivity index (χ4n) is 2.16. The minimum absolute atomic E-state index is 0.288. The van der Waals surface area contributed by atoms with Gasteiger partial charge < -0.3 is 21.1 Å². The van der Waals surface area contributed by atoms with Gasteiger partial charge in [0.2, 0.25) is 0 Å². The van der Waals surface area contributed by atoms with Gasteiger partial charge >= 0.3 is 6.03 Å². The maximum atomic E-state index is 12.1. The molecule has 0 heterocycles. The fraction of sp³-hybridized carbons (Fsp3) is 0. The van der Waals surface area contributed by atoms with Gasteiger partial charge in [0.25, 0.3) is 0 Å². The average molecular weight is 388 g/mol. The predicted molar refractivity (Wildman–Crippen MR) is 106 cm³/mol. The summed E-state index contributed by atoms with van der Waals surface area (Å²) in [6.45, 7) is 0. The van der Waals surface area contributed by atoms with Gasteiger partial charge in [-0.25, -0.2) is 4.79 Å². The number of hydrogen-bond acceptors (Lipinski definition) is 3. The molecule has 0 aliphatic carbocycles. The van der Waals surface area contributed by atoms with Crippen molar-refractivity contribution in [2.24, 2.45) is 0 Å². The number of nitrogens with one attached hydrogen (secondary N) is 2. The van der Waals surface area contributed by atoms with Crippen LogP contribution in [0.4, 0.5) is 21.9 Å². The van der Waals surface area contributed by atoms with Crippen molar-refractivity contribution in [1.82, 2.24) is 0 Å². The molecule has 5 nitrogen and oxygen atoms in total. The van der Waals surface area contributed by atoms with Crippen LogP contribution in [0.2, 0.25) is 10.0 Å². The Morgan fingerprint density at radius 2 is 1.46 bits per heavy atom. The SMILES string of the molecule is Nc1ccc(Oc2ccc(NC(=O)Nc3cccc(Cl)c3Cl)cc2)cc1. The van der Waals surface area contributed by atoms with Gasteiger partial charge in [-0.3, -0.25) is 0 Å². The van der Waals surface area contributed by atoms with Crippen molar-refractivity contribution in [2.75, 3.05) is 16.4 Å². The summed E-state index contributed by atoms with van der Waals surface area (Å²) in [5, 5.41) is 6.02. The third-order valence-corrected chi connectivity index (χ3v) is 4.25. The molecule has 3 aromatic rings. The fourth-order valence-corrected chi connectivity index (χ4v) is 2.51. The lowest BCUT2D eigenvalue weighted by Gasteiger charge is -2.10. The first-order valence-electron chi connectivity index (χ1n) is 7.67. The Kier molecular flexibility index (Phi) is 5.51. The molecule has 0 saturated carbocycles. The van der Waals surface area contributed by atoms with Crippen LogP contribution >= 0.6 is 23.2 Å². The second-order valence-corrected chi connectivity index (χ2v) is 6.16. The number of hydrogen-bond donors (Lipinski definition) is 3. The average Bonchev–Trinajstić information content (AvgIpc) is 2.62. The van der Waals surface area contributed by atoms with E-state index in [9.17, 15) is 4.79 Å². The van der Waals surface area contributed by atoms with Crippen molar-refractivity contribution < 1.29 is 9.53 Å². The molecule has 0 aliphatic heterocycles. The van der Waals surface area contributed by atoms with Crippen molar-refractivity contribution in [3.63, 3.8) is 0 Å². The van der Waals surface area contributed by atoms with E-state index in [1.54, 1.807) is 66.7 Å². The summed E-state index contributed by atoms with van der Waals surface area (Å²) in [6.07, 6.45) is 0. The third kappa shape index (κ3) is 4.59. The molecular formula is C19H15Cl2N3O2. The number of nitrogens with two attached hydrogens (primary N) is 1. The van der Waals surface area contributed by atoms with E-state index in [-0.39, 0.29) is 5.02 Å². The molecular weight excluding hydrogens is 373 g/mol. The standard InChI is InChI=1S/C19H15Cl2N3O2/c20-16-2-1-3-17(18(16)21)24-19(25)23-13-6-10-15(11-7-13)26-14-8-4-12(22)5-9-14/h1-11H,22H2,(H2,23,24,25). The second kappa shape index (κ2) is 7.99. The molecule has 4 N–H and O–H groups in total. The summed E-state index contributed by atoms with van der Waals surface area (Å²) in [4.78, 5) is 12.1. The van der Waals surface area contributed by atoms with Crippen LogP contribution in [-0.4, -0.2) is 6.03 Å². The zero-order valence-electron chi connectivity index (χ0n) is 13.5. The number of amides is 2. The van der Waals surface area contributed by atoms with Gasteiger partial charge in [-0.2, -0.15) is 0 Å². The Morgan fingerprint density at radius 3 is 2.12 bits per heavy atom. The number of rotatable bonds is 4. The number of urea groups is 1. The summed E-state index contributed by atoms with van der Waals surface area (Å²) in [7, 11) is 0. The van der Waals surface area contributed by atoms with Crippen LogP contribution in [0.5, 0.6) is 11.5 Å². The van der Waals surface area contributed by atoms with Gasteiger partial charge in [0.15, 0.2) is 0 Å². The summed E-state index contributed by atoms with van der Waals surface area (Å²) in [5.74, 6) is 1.31. The number of benzene rings is 3. The normalized spacial score (nSPS) is 10.2. The Labute approximate surface area is 160 Å². The van der Waals surface area contributed by atoms with Crippen LogP contribution < -0.4 is 21.1 Å². The first-order valence-corrected chi connectivity index (χ1v) is 8.42. The lowest BCUT2D eigenvalue weighted by atomic mass is 10.3. The van der Waals surface area contributed by atoms with Crippen molar-refractivity contribution in [3.05, 3.63) is 76.8 Å². The van der Waals surface area contributed by atoms with E-state index in [4.69, 9.17) is 33.7 Å². The molecule has 3 aromatic carbocycles. The molecule has 3 rings (SSSR count). The first kappa shape index (κ1) is 17.9. The van der Waals surface area contributed by atoms with E-state index in [2.05, 4.69) is 10.6 Å². The molecule has 0 unspecified atom stereocenters. The Hall–Kier alpha value is -2.89. The van der Waals surface area contributed by atoms with Crippen LogP contribution in [0.1, 0.15) is 0 Å². The van der Waals surface area contributed by atoms with E-state index in [1.807, 2.05) is 0 Å². The minimum atomic E-state index is -0.429. The van der Waals surface area contributed by atoms with E-state index >= 15 is 0 Å². The van der Waals surface area contributed by atoms with Crippen LogP contribution in [0, 0.1) is 0 Å². The molecule has 0 aromatic heterocycles. The molecule has 0 radical (unpaired) electrons. The second-order valence-electron chi connectivity index (χ2n) is 5.38. The molecule has 7 heteroatoms. The zero-order valence-corrected chi connectivity index (χ0v) is 15.0. The lowest BCUT2D eigenvalue weighted by molar-refractivity contribution is 0.262. The number of carbonyl (C=O) groups excluding carboxylic acids is 1. The Morgan fingerprint density at radius 1 is 0.846 bits per heavy atom. The minimum Gasteiger partial charge on any atom is -0.457 e. The summed E-state index contributed by atoms with van der Waals surface area (Å²) < 4.78 is 5.70. The van der Waals surface area contributed by atoms with Crippen LogP contribution in [0.15, 0.2) is 66.7 Å². The largest absolute Gasteiger partial charge is 0.457 e. The molecule has 26 heavy (non-hydrogen) atoms. The summed E-state index contributed by atoms with van der Waals surface area (Å²) in [6, 6.07) is 18.6. The Balaban J connectivity index is 1.60. The van der Waals surface area contributed by atoms with Crippen LogP contribution in [-0.2, 0) is 0 Å². The number of anilines is 3. The van der Waals surface area contributed by atoms with E-state index in [1.165, 1.54) is 0 Å². The molecule has 0 saturated heterocycles. The lowest BCUT2D eigenvalue weighted by Crippen LogP contribution is -2.19. The van der Waals surface area contributed by atoms with Gasteiger partial charge in [-0.15, -0.1) is 0 Å². The van der Waals surface area contributed by atoms with Gasteiger partial charge in [-0.1, -0.05) is 29.3 Å². The van der Waals surface area contributed by atoms with E-state index in [0.717, 1.165) is 0 Å². The van der Waals surface area contributed by atoms with Crippen LogP contribution in [0.25, 0.3) is 0 Å². The van der Waals surface area contributed by atoms with Crippen molar-refractivity contribution in [2.45, 2.75) is 0 Å². The Bertz CT molecular complexity index is 913. The molecule has 0 aliphatic rings. The third-order valence-electron chi connectivity index (χ3n) is 3.43. The maximum absolute atomic E-state index is 12.1. The molecule has 0 fully saturated rings. The van der Waals surface area contributed by atoms with E-state index in [0.29, 0.717) is 33.6 Å². The maximum Gasteiger partial charge on any atom is 0.323 e. The quantitative estimate of drug-likeness (QED) is 0.479. The smallest absolute Gasteiger partial charge is 0.323 e. The number of carbonyl (C=O) groups is 1. The van der Waals surface area contributed by atoms with Crippen molar-refractivity contribution >= 4 is 46.3 Å². The molecule has 0 spiro atoms. The van der Waals surface area contributed by atoms with Gasteiger partial charge in [0.1, 0.15) is 11.5 Å². The topological polar surface area (TPSA) is 76.4 Å². The highest BCUT2D eigenvalue weighted by atomic mass is 35.5. The summed E-state index contributed by atoms with van der Waals surface area (Å²) >= 11 is 12.0. The molecule has 0 bridgehead atoms. The molecule has 132 valence electrons. The van der Waals surface area contributed by atoms with Crippen LogP contribution in [0.3, 0.4) is 0 Å². The van der Waals surface area contributed by atoms with E-state index < -0.39 is 6.03 Å². The highest BCUT2D eigenvalue weighted by Crippen LogP contribution is 2.29.